The quantitative estimate of drug-likeness (QED) is 0.565. The molecule has 0 atom stereocenters. The van der Waals surface area contributed by atoms with Gasteiger partial charge in [-0.3, -0.25) is 4.79 Å². The average Bonchev–Trinajstić information content (AvgIpc) is 2.49. The number of hydrogen-bond acceptors (Lipinski definition) is 4. The van der Waals surface area contributed by atoms with Gasteiger partial charge in [0.2, 0.25) is 5.91 Å². The second-order valence-corrected chi connectivity index (χ2v) is 4.58. The number of halogens is 1. The summed E-state index contributed by atoms with van der Waals surface area (Å²) < 4.78 is 18.1. The normalized spacial score (nSPS) is 10.2. The highest BCUT2D eigenvalue weighted by Crippen LogP contribution is 2.11. The Labute approximate surface area is 123 Å². The molecule has 21 heavy (non-hydrogen) atoms. The third-order valence-corrected chi connectivity index (χ3v) is 2.87. The molecule has 6 heteroatoms. The van der Waals surface area contributed by atoms with E-state index in [-0.39, 0.29) is 11.5 Å². The van der Waals surface area contributed by atoms with Crippen LogP contribution < -0.4 is 10.6 Å². The van der Waals surface area contributed by atoms with Crippen molar-refractivity contribution in [3.05, 3.63) is 35.1 Å². The molecule has 2 N–H and O–H groups in total. The number of methoxy groups -OCH3 is 1. The summed E-state index contributed by atoms with van der Waals surface area (Å²) in [7, 11) is 1.21. The number of esters is 1. The van der Waals surface area contributed by atoms with Gasteiger partial charge in [-0.05, 0) is 24.1 Å². The number of hydrogen-bond donors (Lipinski definition) is 2. The summed E-state index contributed by atoms with van der Waals surface area (Å²) in [6.07, 6.45) is 1.29. The summed E-state index contributed by atoms with van der Waals surface area (Å²) in [5, 5.41) is 5.83. The lowest BCUT2D eigenvalue weighted by atomic mass is 10.1. The third-order valence-electron chi connectivity index (χ3n) is 2.87. The zero-order valence-electron chi connectivity index (χ0n) is 12.4. The first-order chi connectivity index (χ1) is 10.1. The van der Waals surface area contributed by atoms with E-state index in [9.17, 15) is 14.0 Å². The Balaban J connectivity index is 2.38. The molecule has 0 saturated heterocycles. The first kappa shape index (κ1) is 17.1. The Kier molecular flexibility index (Phi) is 7.39. The predicted molar refractivity (Wildman–Crippen MR) is 77.4 cm³/mol. The Morgan fingerprint density at radius 3 is 2.67 bits per heavy atom. The molecular formula is C15H21FN2O3. The standard InChI is InChI=1S/C15H21FN2O3/c1-3-7-18-14(19)6-8-17-10-11-4-5-12(13(16)9-11)15(20)21-2/h4-5,9,17H,3,6-8,10H2,1-2H3,(H,18,19). The van der Waals surface area contributed by atoms with Crippen LogP contribution in [0, 0.1) is 5.82 Å². The second-order valence-electron chi connectivity index (χ2n) is 4.58. The van der Waals surface area contributed by atoms with Gasteiger partial charge in [0.15, 0.2) is 0 Å². The van der Waals surface area contributed by atoms with E-state index in [1.165, 1.54) is 19.2 Å². The molecule has 0 saturated carbocycles. The molecular weight excluding hydrogens is 275 g/mol. The molecule has 116 valence electrons. The molecule has 0 bridgehead atoms. The van der Waals surface area contributed by atoms with Crippen LogP contribution in [0.3, 0.4) is 0 Å². The Morgan fingerprint density at radius 2 is 2.05 bits per heavy atom. The van der Waals surface area contributed by atoms with Crippen LogP contribution in [-0.2, 0) is 16.1 Å². The van der Waals surface area contributed by atoms with Crippen LogP contribution in [0.1, 0.15) is 35.7 Å². The summed E-state index contributed by atoms with van der Waals surface area (Å²) in [6, 6.07) is 4.34. The van der Waals surface area contributed by atoms with Gasteiger partial charge in [-0.2, -0.15) is 0 Å². The van der Waals surface area contributed by atoms with Crippen molar-refractivity contribution in [2.45, 2.75) is 26.3 Å². The first-order valence-corrected chi connectivity index (χ1v) is 6.92. The summed E-state index contributed by atoms with van der Waals surface area (Å²) in [6.45, 7) is 3.61. The van der Waals surface area contributed by atoms with Gasteiger partial charge >= 0.3 is 5.97 Å². The van der Waals surface area contributed by atoms with Crippen molar-refractivity contribution >= 4 is 11.9 Å². The average molecular weight is 296 g/mol. The zero-order chi connectivity index (χ0) is 15.7. The fourth-order valence-electron chi connectivity index (χ4n) is 1.73. The summed E-state index contributed by atoms with van der Waals surface area (Å²) >= 11 is 0. The van der Waals surface area contributed by atoms with Gasteiger partial charge in [-0.1, -0.05) is 13.0 Å². The van der Waals surface area contributed by atoms with Gasteiger partial charge in [0.05, 0.1) is 12.7 Å². The monoisotopic (exact) mass is 296 g/mol. The fraction of sp³-hybridized carbons (Fsp3) is 0.467. The molecule has 5 nitrogen and oxygen atoms in total. The molecule has 0 fully saturated rings. The highest BCUT2D eigenvalue weighted by Gasteiger charge is 2.12. The number of nitrogens with one attached hydrogen (secondary N) is 2. The number of amides is 1. The lowest BCUT2D eigenvalue weighted by Gasteiger charge is -2.07. The molecule has 0 unspecified atom stereocenters. The van der Waals surface area contributed by atoms with Crippen molar-refractivity contribution in [1.29, 1.82) is 0 Å². The lowest BCUT2D eigenvalue weighted by Crippen LogP contribution is -2.28. The number of carbonyl (C=O) groups is 2. The number of benzene rings is 1. The maximum absolute atomic E-state index is 13.7. The molecule has 0 aliphatic carbocycles. The molecule has 1 rings (SSSR count). The molecule has 0 aromatic heterocycles. The van der Waals surface area contributed by atoms with Gasteiger partial charge in [-0.15, -0.1) is 0 Å². The molecule has 0 spiro atoms. The van der Waals surface area contributed by atoms with E-state index >= 15 is 0 Å². The van der Waals surface area contributed by atoms with E-state index in [4.69, 9.17) is 0 Å². The minimum Gasteiger partial charge on any atom is -0.465 e. The van der Waals surface area contributed by atoms with Crippen LogP contribution >= 0.6 is 0 Å². The number of rotatable bonds is 8. The van der Waals surface area contributed by atoms with E-state index in [1.807, 2.05) is 6.92 Å². The molecule has 0 aliphatic heterocycles. The number of ether oxygens (including phenoxy) is 1. The van der Waals surface area contributed by atoms with Gasteiger partial charge in [-0.25, -0.2) is 9.18 Å². The van der Waals surface area contributed by atoms with Crippen LogP contribution in [0.15, 0.2) is 18.2 Å². The maximum atomic E-state index is 13.7. The van der Waals surface area contributed by atoms with Crippen molar-refractivity contribution in [2.75, 3.05) is 20.2 Å². The molecule has 0 heterocycles. The minimum atomic E-state index is -0.695. The van der Waals surface area contributed by atoms with Crippen LogP contribution in [0.2, 0.25) is 0 Å². The Morgan fingerprint density at radius 1 is 1.29 bits per heavy atom. The molecule has 1 aromatic carbocycles. The van der Waals surface area contributed by atoms with E-state index in [1.54, 1.807) is 6.07 Å². The highest BCUT2D eigenvalue weighted by molar-refractivity contribution is 5.89. The van der Waals surface area contributed by atoms with Crippen molar-refractivity contribution in [1.82, 2.24) is 10.6 Å². The van der Waals surface area contributed by atoms with Crippen LogP contribution in [0.4, 0.5) is 4.39 Å². The summed E-state index contributed by atoms with van der Waals surface area (Å²) in [5.41, 5.74) is 0.620. The maximum Gasteiger partial charge on any atom is 0.340 e. The molecule has 0 aliphatic rings. The molecule has 1 amide bonds. The van der Waals surface area contributed by atoms with E-state index in [0.717, 1.165) is 6.42 Å². The fourth-order valence-corrected chi connectivity index (χ4v) is 1.73. The van der Waals surface area contributed by atoms with Gasteiger partial charge in [0.25, 0.3) is 0 Å². The van der Waals surface area contributed by atoms with E-state index in [0.29, 0.717) is 31.6 Å². The van der Waals surface area contributed by atoms with Crippen molar-refractivity contribution < 1.29 is 18.7 Å². The van der Waals surface area contributed by atoms with Gasteiger partial charge in [0, 0.05) is 26.1 Å². The minimum absolute atomic E-state index is 0.00318. The third kappa shape index (κ3) is 5.91. The smallest absolute Gasteiger partial charge is 0.340 e. The first-order valence-electron chi connectivity index (χ1n) is 6.92. The number of carbonyl (C=O) groups excluding carboxylic acids is 2. The molecule has 0 radical (unpaired) electrons. The van der Waals surface area contributed by atoms with Gasteiger partial charge in [0.1, 0.15) is 5.82 Å². The largest absolute Gasteiger partial charge is 0.465 e. The Hall–Kier alpha value is -1.95. The highest BCUT2D eigenvalue weighted by atomic mass is 19.1. The van der Waals surface area contributed by atoms with Crippen LogP contribution in [-0.4, -0.2) is 32.1 Å². The van der Waals surface area contributed by atoms with Crippen molar-refractivity contribution in [3.8, 4) is 0 Å². The lowest BCUT2D eigenvalue weighted by molar-refractivity contribution is -0.120. The summed E-state index contributed by atoms with van der Waals surface area (Å²) in [5.74, 6) is -1.31. The summed E-state index contributed by atoms with van der Waals surface area (Å²) in [4.78, 5) is 22.6. The van der Waals surface area contributed by atoms with E-state index in [2.05, 4.69) is 15.4 Å². The van der Waals surface area contributed by atoms with Crippen LogP contribution in [0.25, 0.3) is 0 Å². The van der Waals surface area contributed by atoms with E-state index < -0.39 is 11.8 Å². The van der Waals surface area contributed by atoms with Gasteiger partial charge < -0.3 is 15.4 Å². The zero-order valence-corrected chi connectivity index (χ0v) is 12.4. The topological polar surface area (TPSA) is 67.4 Å². The van der Waals surface area contributed by atoms with Crippen LogP contribution in [0.5, 0.6) is 0 Å². The predicted octanol–water partition coefficient (Wildman–Crippen LogP) is 1.62. The molecule has 1 aromatic rings. The Bertz CT molecular complexity index is 492. The second kappa shape index (κ2) is 9.07. The van der Waals surface area contributed by atoms with Crippen molar-refractivity contribution in [2.24, 2.45) is 0 Å². The van der Waals surface area contributed by atoms with Crippen molar-refractivity contribution in [3.63, 3.8) is 0 Å². The SMILES string of the molecule is CCCNC(=O)CCNCc1ccc(C(=O)OC)c(F)c1.